The van der Waals surface area contributed by atoms with Crippen LogP contribution in [0, 0.1) is 0 Å². The number of nitrogens with one attached hydrogen (secondary N) is 1. The van der Waals surface area contributed by atoms with Crippen LogP contribution in [0.3, 0.4) is 0 Å². The predicted octanol–water partition coefficient (Wildman–Crippen LogP) is 1.66. The Morgan fingerprint density at radius 1 is 1.50 bits per heavy atom. The number of hydrogen-bond donors (Lipinski definition) is 1. The summed E-state index contributed by atoms with van der Waals surface area (Å²) >= 11 is 0. The maximum absolute atomic E-state index is 5.12. The fourth-order valence-electron chi connectivity index (χ4n) is 1.32. The van der Waals surface area contributed by atoms with Crippen LogP contribution >= 0.6 is 0 Å². The molecule has 78 valence electrons. The normalized spacial score (nSPS) is 16.1. The van der Waals surface area contributed by atoms with Crippen molar-refractivity contribution in [3.05, 3.63) is 11.7 Å². The quantitative estimate of drug-likeness (QED) is 0.750. The molecule has 1 fully saturated rings. The molecule has 0 unspecified atom stereocenters. The van der Waals surface area contributed by atoms with Gasteiger partial charge in [0.05, 0.1) is 6.54 Å². The molecule has 1 aliphatic rings. The number of hydrogen-bond acceptors (Lipinski definition) is 4. The van der Waals surface area contributed by atoms with Gasteiger partial charge in [0.25, 0.3) is 0 Å². The first-order chi connectivity index (χ1) is 6.88. The van der Waals surface area contributed by atoms with E-state index in [0.29, 0.717) is 6.04 Å². The van der Waals surface area contributed by atoms with Gasteiger partial charge < -0.3 is 9.84 Å². The molecule has 1 saturated carbocycles. The van der Waals surface area contributed by atoms with Crippen molar-refractivity contribution in [2.45, 2.75) is 51.6 Å². The van der Waals surface area contributed by atoms with Crippen LogP contribution in [0.5, 0.6) is 0 Å². The first-order valence-electron chi connectivity index (χ1n) is 5.43. The molecule has 4 heteroatoms. The molecular weight excluding hydrogens is 178 g/mol. The van der Waals surface area contributed by atoms with Crippen molar-refractivity contribution in [2.24, 2.45) is 0 Å². The molecule has 0 bridgehead atoms. The van der Waals surface area contributed by atoms with E-state index < -0.39 is 0 Å². The third kappa shape index (κ3) is 2.80. The lowest BCUT2D eigenvalue weighted by Crippen LogP contribution is -2.15. The van der Waals surface area contributed by atoms with Crippen molar-refractivity contribution in [3.8, 4) is 0 Å². The molecule has 1 aliphatic carbocycles. The molecule has 0 atom stereocenters. The summed E-state index contributed by atoms with van der Waals surface area (Å²) in [6, 6.07) is 0.695. The monoisotopic (exact) mass is 195 g/mol. The molecule has 0 amide bonds. The Hall–Kier alpha value is -0.900. The smallest absolute Gasteiger partial charge is 0.240 e. The van der Waals surface area contributed by atoms with Crippen molar-refractivity contribution in [3.63, 3.8) is 0 Å². The Morgan fingerprint density at radius 2 is 2.36 bits per heavy atom. The Balaban J connectivity index is 1.76. The van der Waals surface area contributed by atoms with Crippen molar-refractivity contribution >= 4 is 0 Å². The number of rotatable bonds is 6. The van der Waals surface area contributed by atoms with Crippen LogP contribution in [0.2, 0.25) is 0 Å². The maximum Gasteiger partial charge on any atom is 0.240 e. The zero-order chi connectivity index (χ0) is 9.80. The van der Waals surface area contributed by atoms with Gasteiger partial charge in [-0.1, -0.05) is 18.5 Å². The highest BCUT2D eigenvalue weighted by molar-refractivity contribution is 4.88. The largest absolute Gasteiger partial charge is 0.338 e. The van der Waals surface area contributed by atoms with Gasteiger partial charge in [0, 0.05) is 12.5 Å². The first kappa shape index (κ1) is 9.65. The molecule has 14 heavy (non-hydrogen) atoms. The summed E-state index contributed by atoms with van der Waals surface area (Å²) in [4.78, 5) is 4.31. The number of aryl methyl sites for hydroxylation is 1. The van der Waals surface area contributed by atoms with E-state index in [2.05, 4.69) is 22.4 Å². The van der Waals surface area contributed by atoms with Crippen molar-refractivity contribution in [1.82, 2.24) is 15.5 Å². The summed E-state index contributed by atoms with van der Waals surface area (Å²) in [5, 5.41) is 7.27. The van der Waals surface area contributed by atoms with E-state index in [1.807, 2.05) is 0 Å². The highest BCUT2D eigenvalue weighted by Gasteiger charge is 2.21. The number of unbranched alkanes of at least 4 members (excludes halogenated alkanes) is 1. The molecule has 1 heterocycles. The fraction of sp³-hybridized carbons (Fsp3) is 0.800. The SMILES string of the molecule is CCCCc1noc(CNC2CC2)n1. The molecule has 0 aliphatic heterocycles. The minimum atomic E-state index is 0.695. The van der Waals surface area contributed by atoms with Gasteiger partial charge in [-0.15, -0.1) is 0 Å². The van der Waals surface area contributed by atoms with E-state index in [1.54, 1.807) is 0 Å². The van der Waals surface area contributed by atoms with Crippen molar-refractivity contribution < 1.29 is 4.52 Å². The molecule has 0 aromatic carbocycles. The van der Waals surface area contributed by atoms with Crippen LogP contribution in [0.4, 0.5) is 0 Å². The minimum Gasteiger partial charge on any atom is -0.338 e. The van der Waals surface area contributed by atoms with Crippen LogP contribution in [0.25, 0.3) is 0 Å². The number of aromatic nitrogens is 2. The van der Waals surface area contributed by atoms with Gasteiger partial charge in [0.15, 0.2) is 5.82 Å². The zero-order valence-electron chi connectivity index (χ0n) is 8.62. The van der Waals surface area contributed by atoms with Crippen LogP contribution in [0.1, 0.15) is 44.3 Å². The summed E-state index contributed by atoms with van der Waals surface area (Å²) in [7, 11) is 0. The van der Waals surface area contributed by atoms with Gasteiger partial charge in [0.1, 0.15) is 0 Å². The van der Waals surface area contributed by atoms with E-state index in [4.69, 9.17) is 4.52 Å². The average molecular weight is 195 g/mol. The second kappa shape index (κ2) is 4.55. The lowest BCUT2D eigenvalue weighted by molar-refractivity contribution is 0.362. The highest BCUT2D eigenvalue weighted by Crippen LogP contribution is 2.18. The zero-order valence-corrected chi connectivity index (χ0v) is 8.62. The minimum absolute atomic E-state index is 0.695. The van der Waals surface area contributed by atoms with E-state index in [-0.39, 0.29) is 0 Å². The molecule has 4 nitrogen and oxygen atoms in total. The molecule has 0 saturated heterocycles. The van der Waals surface area contributed by atoms with E-state index in [9.17, 15) is 0 Å². The topological polar surface area (TPSA) is 51.0 Å². The van der Waals surface area contributed by atoms with Crippen molar-refractivity contribution in [1.29, 1.82) is 0 Å². The van der Waals surface area contributed by atoms with Crippen LogP contribution < -0.4 is 5.32 Å². The van der Waals surface area contributed by atoms with Gasteiger partial charge in [-0.05, 0) is 19.3 Å². The van der Waals surface area contributed by atoms with Crippen LogP contribution in [0.15, 0.2) is 4.52 Å². The maximum atomic E-state index is 5.12. The van der Waals surface area contributed by atoms with Crippen LogP contribution in [-0.4, -0.2) is 16.2 Å². The van der Waals surface area contributed by atoms with E-state index >= 15 is 0 Å². The van der Waals surface area contributed by atoms with Gasteiger partial charge in [-0.25, -0.2) is 0 Å². The lowest BCUT2D eigenvalue weighted by atomic mass is 10.2. The summed E-state index contributed by atoms with van der Waals surface area (Å²) < 4.78 is 5.12. The average Bonchev–Trinajstić information content (AvgIpc) is 2.92. The van der Waals surface area contributed by atoms with Gasteiger partial charge >= 0.3 is 0 Å². The fourth-order valence-corrected chi connectivity index (χ4v) is 1.32. The molecule has 1 aromatic rings. The Morgan fingerprint density at radius 3 is 3.07 bits per heavy atom. The van der Waals surface area contributed by atoms with Crippen LogP contribution in [-0.2, 0) is 13.0 Å². The van der Waals surface area contributed by atoms with E-state index in [1.165, 1.54) is 19.3 Å². The predicted molar refractivity (Wildman–Crippen MR) is 52.8 cm³/mol. The Bertz CT molecular complexity index is 281. The number of nitrogens with zero attached hydrogens (tertiary/aromatic N) is 2. The Kier molecular flexibility index (Phi) is 3.14. The summed E-state index contributed by atoms with van der Waals surface area (Å²) in [5.74, 6) is 1.57. The second-order valence-electron chi connectivity index (χ2n) is 3.86. The molecule has 2 rings (SSSR count). The first-order valence-corrected chi connectivity index (χ1v) is 5.43. The third-order valence-electron chi connectivity index (χ3n) is 2.38. The molecule has 1 aromatic heterocycles. The van der Waals surface area contributed by atoms with E-state index in [0.717, 1.165) is 31.1 Å². The summed E-state index contributed by atoms with van der Waals surface area (Å²) in [6.07, 6.45) is 5.82. The van der Waals surface area contributed by atoms with Gasteiger partial charge in [-0.2, -0.15) is 4.98 Å². The Labute approximate surface area is 84.1 Å². The molecule has 1 N–H and O–H groups in total. The lowest BCUT2D eigenvalue weighted by Gasteiger charge is -1.94. The molecule has 0 spiro atoms. The standard InChI is InChI=1S/C10H17N3O/c1-2-3-4-9-12-10(14-13-9)7-11-8-5-6-8/h8,11H,2-7H2,1H3. The molecular formula is C10H17N3O. The summed E-state index contributed by atoms with van der Waals surface area (Å²) in [5.41, 5.74) is 0. The second-order valence-corrected chi connectivity index (χ2v) is 3.86. The highest BCUT2D eigenvalue weighted by atomic mass is 16.5. The van der Waals surface area contributed by atoms with Gasteiger partial charge in [0.2, 0.25) is 5.89 Å². The van der Waals surface area contributed by atoms with Gasteiger partial charge in [-0.3, -0.25) is 0 Å². The van der Waals surface area contributed by atoms with Crippen molar-refractivity contribution in [2.75, 3.05) is 0 Å². The molecule has 0 radical (unpaired) electrons. The summed E-state index contributed by atoms with van der Waals surface area (Å²) in [6.45, 7) is 2.89. The third-order valence-corrected chi connectivity index (χ3v) is 2.38.